The van der Waals surface area contributed by atoms with Gasteiger partial charge >= 0.3 is 5.97 Å². The zero-order valence-electron chi connectivity index (χ0n) is 17.9. The standard InChI is InChI=1S/C24H25N3O4/c1-4-31-24(29)22-20-15-26(23(28)17-7-5-6-16(2)14-17)13-12-21(20)27(25-22)18-8-10-19(30-3)11-9-18/h5-11,14H,4,12-13,15H2,1-3H3. The molecule has 3 aromatic rings. The average molecular weight is 419 g/mol. The quantitative estimate of drug-likeness (QED) is 0.591. The third kappa shape index (κ3) is 4.03. The van der Waals surface area contributed by atoms with Gasteiger partial charge in [0.1, 0.15) is 5.75 Å². The molecule has 0 spiro atoms. The highest BCUT2D eigenvalue weighted by molar-refractivity contribution is 5.95. The second-order valence-corrected chi connectivity index (χ2v) is 7.45. The molecule has 1 aliphatic rings. The molecule has 4 rings (SSSR count). The van der Waals surface area contributed by atoms with Crippen molar-refractivity contribution in [1.29, 1.82) is 0 Å². The fourth-order valence-corrected chi connectivity index (χ4v) is 3.85. The van der Waals surface area contributed by atoms with E-state index in [0.717, 1.165) is 28.3 Å². The molecule has 0 unspecified atom stereocenters. The Morgan fingerprint density at radius 3 is 2.58 bits per heavy atom. The molecule has 7 heteroatoms. The van der Waals surface area contributed by atoms with Crippen LogP contribution in [0.4, 0.5) is 0 Å². The number of aromatic nitrogens is 2. The van der Waals surface area contributed by atoms with E-state index in [2.05, 4.69) is 5.10 Å². The number of aryl methyl sites for hydroxylation is 1. The number of ether oxygens (including phenoxy) is 2. The number of esters is 1. The molecule has 1 aliphatic heterocycles. The van der Waals surface area contributed by atoms with E-state index in [1.807, 2.05) is 55.5 Å². The third-order valence-corrected chi connectivity index (χ3v) is 5.40. The van der Waals surface area contributed by atoms with Gasteiger partial charge in [0.15, 0.2) is 5.69 Å². The topological polar surface area (TPSA) is 73.7 Å². The lowest BCUT2D eigenvalue weighted by atomic mass is 10.0. The van der Waals surface area contributed by atoms with Crippen molar-refractivity contribution < 1.29 is 19.1 Å². The van der Waals surface area contributed by atoms with Crippen molar-refractivity contribution >= 4 is 11.9 Å². The summed E-state index contributed by atoms with van der Waals surface area (Å²) in [6.07, 6.45) is 0.589. The molecule has 1 amide bonds. The summed E-state index contributed by atoms with van der Waals surface area (Å²) in [5.74, 6) is 0.211. The van der Waals surface area contributed by atoms with Gasteiger partial charge < -0.3 is 14.4 Å². The highest BCUT2D eigenvalue weighted by atomic mass is 16.5. The Labute approximate surface area is 181 Å². The van der Waals surface area contributed by atoms with Gasteiger partial charge in [-0.15, -0.1) is 0 Å². The summed E-state index contributed by atoms with van der Waals surface area (Å²) < 4.78 is 12.2. The number of benzene rings is 2. The van der Waals surface area contributed by atoms with Crippen LogP contribution in [-0.4, -0.2) is 46.8 Å². The van der Waals surface area contributed by atoms with Crippen LogP contribution >= 0.6 is 0 Å². The Morgan fingerprint density at radius 2 is 1.90 bits per heavy atom. The van der Waals surface area contributed by atoms with Crippen LogP contribution in [-0.2, 0) is 17.7 Å². The number of amides is 1. The van der Waals surface area contributed by atoms with Gasteiger partial charge in [0.05, 0.1) is 31.6 Å². The van der Waals surface area contributed by atoms with Gasteiger partial charge in [-0.25, -0.2) is 9.48 Å². The van der Waals surface area contributed by atoms with Crippen LogP contribution in [0.1, 0.15) is 44.6 Å². The molecule has 0 saturated heterocycles. The molecule has 7 nitrogen and oxygen atoms in total. The van der Waals surface area contributed by atoms with Crippen LogP contribution in [0.15, 0.2) is 48.5 Å². The van der Waals surface area contributed by atoms with Crippen LogP contribution in [0, 0.1) is 6.92 Å². The zero-order chi connectivity index (χ0) is 22.0. The zero-order valence-corrected chi connectivity index (χ0v) is 17.9. The van der Waals surface area contributed by atoms with Crippen molar-refractivity contribution in [1.82, 2.24) is 14.7 Å². The number of rotatable bonds is 5. The molecule has 2 aromatic carbocycles. The monoisotopic (exact) mass is 419 g/mol. The Kier molecular flexibility index (Phi) is 5.75. The number of fused-ring (bicyclic) bond motifs is 1. The number of carbonyl (C=O) groups excluding carboxylic acids is 2. The second kappa shape index (κ2) is 8.63. The Morgan fingerprint density at radius 1 is 1.13 bits per heavy atom. The number of carbonyl (C=O) groups is 2. The Hall–Kier alpha value is -3.61. The highest BCUT2D eigenvalue weighted by Gasteiger charge is 2.31. The van der Waals surface area contributed by atoms with E-state index >= 15 is 0 Å². The maximum Gasteiger partial charge on any atom is 0.359 e. The van der Waals surface area contributed by atoms with E-state index in [1.165, 1.54) is 0 Å². The second-order valence-electron chi connectivity index (χ2n) is 7.45. The van der Waals surface area contributed by atoms with E-state index in [0.29, 0.717) is 25.1 Å². The fourth-order valence-electron chi connectivity index (χ4n) is 3.85. The summed E-state index contributed by atoms with van der Waals surface area (Å²) in [5, 5.41) is 4.58. The molecule has 0 radical (unpaired) electrons. The summed E-state index contributed by atoms with van der Waals surface area (Å²) in [7, 11) is 1.61. The van der Waals surface area contributed by atoms with Gasteiger partial charge in [-0.3, -0.25) is 4.79 Å². The SMILES string of the molecule is CCOC(=O)c1nn(-c2ccc(OC)cc2)c2c1CN(C(=O)c1cccc(C)c1)CC2. The minimum Gasteiger partial charge on any atom is -0.497 e. The van der Waals surface area contributed by atoms with Crippen molar-refractivity contribution in [2.45, 2.75) is 26.8 Å². The predicted molar refractivity (Wildman–Crippen MR) is 116 cm³/mol. The summed E-state index contributed by atoms with van der Waals surface area (Å²) >= 11 is 0. The van der Waals surface area contributed by atoms with Crippen molar-refractivity contribution in [3.63, 3.8) is 0 Å². The smallest absolute Gasteiger partial charge is 0.359 e. The van der Waals surface area contributed by atoms with E-state index < -0.39 is 5.97 Å². The van der Waals surface area contributed by atoms with Crippen LogP contribution in [0.25, 0.3) is 5.69 Å². The molecule has 2 heterocycles. The van der Waals surface area contributed by atoms with Crippen LogP contribution in [0.5, 0.6) is 5.75 Å². The molecule has 0 atom stereocenters. The Bertz CT molecular complexity index is 1120. The normalized spacial score (nSPS) is 12.9. The van der Waals surface area contributed by atoms with Gasteiger partial charge in [0.2, 0.25) is 0 Å². The summed E-state index contributed by atoms with van der Waals surface area (Å²) in [6, 6.07) is 15.0. The van der Waals surface area contributed by atoms with E-state index in [-0.39, 0.29) is 18.2 Å². The van der Waals surface area contributed by atoms with E-state index in [1.54, 1.807) is 23.6 Å². The molecule has 0 bridgehead atoms. The van der Waals surface area contributed by atoms with E-state index in [9.17, 15) is 9.59 Å². The number of hydrogen-bond donors (Lipinski definition) is 0. The lowest BCUT2D eigenvalue weighted by molar-refractivity contribution is 0.0513. The molecule has 0 aliphatic carbocycles. The van der Waals surface area contributed by atoms with Crippen molar-refractivity contribution in [2.75, 3.05) is 20.3 Å². The number of methoxy groups -OCH3 is 1. The number of hydrogen-bond acceptors (Lipinski definition) is 5. The summed E-state index contributed by atoms with van der Waals surface area (Å²) in [5.41, 5.74) is 4.41. The van der Waals surface area contributed by atoms with Crippen molar-refractivity contribution in [3.8, 4) is 11.4 Å². The van der Waals surface area contributed by atoms with Gasteiger partial charge in [0, 0.05) is 24.1 Å². The molecule has 0 fully saturated rings. The molecule has 0 saturated carbocycles. The first-order valence-electron chi connectivity index (χ1n) is 10.3. The summed E-state index contributed by atoms with van der Waals surface area (Å²) in [6.45, 7) is 4.84. The van der Waals surface area contributed by atoms with Crippen molar-refractivity contribution in [3.05, 3.63) is 76.6 Å². The lowest BCUT2D eigenvalue weighted by Gasteiger charge is -2.28. The van der Waals surface area contributed by atoms with Crippen molar-refractivity contribution in [2.24, 2.45) is 0 Å². The van der Waals surface area contributed by atoms with Gasteiger partial charge in [-0.2, -0.15) is 5.10 Å². The fraction of sp³-hybridized carbons (Fsp3) is 0.292. The maximum atomic E-state index is 13.1. The van der Waals surface area contributed by atoms with Crippen LogP contribution in [0.3, 0.4) is 0 Å². The first-order valence-corrected chi connectivity index (χ1v) is 10.3. The predicted octanol–water partition coefficient (Wildman–Crippen LogP) is 3.56. The molecule has 1 aromatic heterocycles. The van der Waals surface area contributed by atoms with Gasteiger partial charge in [-0.05, 0) is 50.2 Å². The lowest BCUT2D eigenvalue weighted by Crippen LogP contribution is -2.36. The summed E-state index contributed by atoms with van der Waals surface area (Å²) in [4.78, 5) is 27.5. The van der Waals surface area contributed by atoms with Gasteiger partial charge in [-0.1, -0.05) is 17.7 Å². The first kappa shape index (κ1) is 20.7. The molecular weight excluding hydrogens is 394 g/mol. The maximum absolute atomic E-state index is 13.1. The largest absolute Gasteiger partial charge is 0.497 e. The molecule has 160 valence electrons. The first-order chi connectivity index (χ1) is 15.0. The Balaban J connectivity index is 1.71. The molecule has 31 heavy (non-hydrogen) atoms. The highest BCUT2D eigenvalue weighted by Crippen LogP contribution is 2.28. The minimum absolute atomic E-state index is 0.0543. The minimum atomic E-state index is -0.476. The van der Waals surface area contributed by atoms with Crippen LogP contribution in [0.2, 0.25) is 0 Å². The number of nitrogens with zero attached hydrogens (tertiary/aromatic N) is 3. The van der Waals surface area contributed by atoms with E-state index in [4.69, 9.17) is 9.47 Å². The molecule has 0 N–H and O–H groups in total. The average Bonchev–Trinajstić information content (AvgIpc) is 3.18. The van der Waals surface area contributed by atoms with Crippen LogP contribution < -0.4 is 4.74 Å². The van der Waals surface area contributed by atoms with Gasteiger partial charge in [0.25, 0.3) is 5.91 Å². The third-order valence-electron chi connectivity index (χ3n) is 5.40. The molecular formula is C24H25N3O4.